The van der Waals surface area contributed by atoms with Crippen molar-refractivity contribution < 1.29 is 9.18 Å². The van der Waals surface area contributed by atoms with E-state index in [0.717, 1.165) is 22.8 Å². The highest BCUT2D eigenvalue weighted by Crippen LogP contribution is 2.22. The largest absolute Gasteiger partial charge is 0.353 e. The second-order valence-electron chi connectivity index (χ2n) is 7.92. The molecule has 1 saturated heterocycles. The molecular weight excluding hydrogens is 393 g/mol. The average molecular weight is 420 g/mol. The first kappa shape index (κ1) is 20.8. The summed E-state index contributed by atoms with van der Waals surface area (Å²) in [5.41, 5.74) is 4.52. The predicted octanol–water partition coefficient (Wildman–Crippen LogP) is 4.56. The smallest absolute Gasteiger partial charge is 0.321 e. The number of carbonyl (C=O) groups excluding carboxylic acids is 1. The van der Waals surface area contributed by atoms with Crippen LogP contribution in [0.25, 0.3) is 11.4 Å². The third kappa shape index (κ3) is 4.82. The lowest BCUT2D eigenvalue weighted by Crippen LogP contribution is -2.50. The Labute approximate surface area is 181 Å². The van der Waals surface area contributed by atoms with Gasteiger partial charge in [0, 0.05) is 49.2 Å². The fourth-order valence-electron chi connectivity index (χ4n) is 3.76. The molecule has 0 radical (unpaired) electrons. The molecule has 1 aromatic heterocycles. The van der Waals surface area contributed by atoms with E-state index in [0.29, 0.717) is 37.6 Å². The molecule has 0 atom stereocenters. The average Bonchev–Trinajstić information content (AvgIpc) is 2.75. The lowest BCUT2D eigenvalue weighted by Gasteiger charge is -2.35. The Hall–Kier alpha value is -3.48. The number of rotatable bonds is 3. The van der Waals surface area contributed by atoms with Gasteiger partial charge < -0.3 is 15.1 Å². The molecule has 1 fully saturated rings. The van der Waals surface area contributed by atoms with Crippen molar-refractivity contribution in [1.82, 2.24) is 14.9 Å². The Balaban J connectivity index is 1.43. The molecule has 2 heterocycles. The Morgan fingerprint density at radius 2 is 1.74 bits per heavy atom. The first-order chi connectivity index (χ1) is 14.9. The van der Waals surface area contributed by atoms with Crippen LogP contribution in [0.1, 0.15) is 16.8 Å². The van der Waals surface area contributed by atoms with E-state index >= 15 is 0 Å². The number of benzene rings is 2. The second kappa shape index (κ2) is 8.71. The number of amides is 2. The number of urea groups is 1. The fourth-order valence-corrected chi connectivity index (χ4v) is 3.76. The van der Waals surface area contributed by atoms with E-state index < -0.39 is 0 Å². The Morgan fingerprint density at radius 3 is 2.45 bits per heavy atom. The third-order valence-corrected chi connectivity index (χ3v) is 5.44. The van der Waals surface area contributed by atoms with Gasteiger partial charge in [-0.15, -0.1) is 0 Å². The van der Waals surface area contributed by atoms with Gasteiger partial charge in [-0.2, -0.15) is 0 Å². The van der Waals surface area contributed by atoms with Crippen molar-refractivity contribution in [3.63, 3.8) is 0 Å². The zero-order valence-corrected chi connectivity index (χ0v) is 18.0. The van der Waals surface area contributed by atoms with Crippen LogP contribution in [0.15, 0.2) is 48.5 Å². The lowest BCUT2D eigenvalue weighted by atomic mass is 10.1. The monoisotopic (exact) mass is 419 g/mol. The lowest BCUT2D eigenvalue weighted by molar-refractivity contribution is 0.208. The van der Waals surface area contributed by atoms with E-state index in [1.165, 1.54) is 17.7 Å². The van der Waals surface area contributed by atoms with Gasteiger partial charge in [0.05, 0.1) is 0 Å². The van der Waals surface area contributed by atoms with Crippen molar-refractivity contribution in [3.8, 4) is 11.4 Å². The zero-order chi connectivity index (χ0) is 22.0. The minimum atomic E-state index is -0.312. The van der Waals surface area contributed by atoms with Crippen LogP contribution in [0.3, 0.4) is 0 Å². The molecule has 0 spiro atoms. The molecule has 0 bridgehead atoms. The number of carbonyl (C=O) groups is 1. The van der Waals surface area contributed by atoms with Crippen molar-refractivity contribution in [3.05, 3.63) is 71.2 Å². The van der Waals surface area contributed by atoms with E-state index in [9.17, 15) is 9.18 Å². The Kier molecular flexibility index (Phi) is 5.84. The number of aryl methyl sites for hydroxylation is 3. The summed E-state index contributed by atoms with van der Waals surface area (Å²) in [6, 6.07) is 14.1. The number of piperazine rings is 1. The minimum Gasteiger partial charge on any atom is -0.353 e. The molecular formula is C24H26FN5O. The molecule has 1 aliphatic heterocycles. The summed E-state index contributed by atoms with van der Waals surface area (Å²) in [6.45, 7) is 8.45. The number of nitrogens with zero attached hydrogens (tertiary/aromatic N) is 4. The van der Waals surface area contributed by atoms with Gasteiger partial charge in [-0.3, -0.25) is 0 Å². The fraction of sp³-hybridized carbons (Fsp3) is 0.292. The number of hydrogen-bond acceptors (Lipinski definition) is 4. The van der Waals surface area contributed by atoms with Crippen LogP contribution in [-0.2, 0) is 0 Å². The van der Waals surface area contributed by atoms with Crippen LogP contribution in [0, 0.1) is 26.6 Å². The summed E-state index contributed by atoms with van der Waals surface area (Å²) in [5, 5.41) is 3.01. The molecule has 6 nitrogen and oxygen atoms in total. The van der Waals surface area contributed by atoms with Crippen molar-refractivity contribution in [1.29, 1.82) is 0 Å². The SMILES string of the molecule is Cc1ccc(NC(=O)N2CCN(c3cc(C)nc(-c4cccc(F)c4)n3)CC2)c(C)c1. The van der Waals surface area contributed by atoms with Gasteiger partial charge in [0.1, 0.15) is 11.6 Å². The quantitative estimate of drug-likeness (QED) is 0.676. The van der Waals surface area contributed by atoms with Crippen molar-refractivity contribution in [2.45, 2.75) is 20.8 Å². The summed E-state index contributed by atoms with van der Waals surface area (Å²) < 4.78 is 13.6. The number of nitrogens with one attached hydrogen (secondary N) is 1. The van der Waals surface area contributed by atoms with Crippen LogP contribution >= 0.6 is 0 Å². The summed E-state index contributed by atoms with van der Waals surface area (Å²) in [4.78, 5) is 25.8. The van der Waals surface area contributed by atoms with Gasteiger partial charge in [0.15, 0.2) is 5.82 Å². The third-order valence-electron chi connectivity index (χ3n) is 5.44. The number of anilines is 2. The van der Waals surface area contributed by atoms with Gasteiger partial charge in [0.2, 0.25) is 0 Å². The van der Waals surface area contributed by atoms with E-state index in [1.807, 2.05) is 43.9 Å². The standard InChI is InChI=1S/C24H26FN5O/c1-16-7-8-21(17(2)13-16)27-24(31)30-11-9-29(10-12-30)22-14-18(3)26-23(28-22)19-5-4-6-20(25)15-19/h4-8,13-15H,9-12H2,1-3H3,(H,27,31). The van der Waals surface area contributed by atoms with E-state index in [2.05, 4.69) is 26.3 Å². The van der Waals surface area contributed by atoms with Crippen molar-refractivity contribution in [2.75, 3.05) is 36.4 Å². The molecule has 2 aromatic carbocycles. The van der Waals surface area contributed by atoms with Gasteiger partial charge >= 0.3 is 6.03 Å². The molecule has 7 heteroatoms. The Morgan fingerprint density at radius 1 is 0.968 bits per heavy atom. The van der Waals surface area contributed by atoms with Crippen LogP contribution < -0.4 is 10.2 Å². The maximum Gasteiger partial charge on any atom is 0.321 e. The molecule has 4 rings (SSSR count). The van der Waals surface area contributed by atoms with E-state index in [-0.39, 0.29) is 11.8 Å². The molecule has 1 N–H and O–H groups in total. The molecule has 160 valence electrons. The minimum absolute atomic E-state index is 0.0917. The highest BCUT2D eigenvalue weighted by Gasteiger charge is 2.23. The van der Waals surface area contributed by atoms with Crippen LogP contribution in [0.2, 0.25) is 0 Å². The maximum absolute atomic E-state index is 13.6. The first-order valence-electron chi connectivity index (χ1n) is 10.4. The van der Waals surface area contributed by atoms with Gasteiger partial charge in [-0.1, -0.05) is 29.8 Å². The molecule has 3 aromatic rings. The van der Waals surface area contributed by atoms with Gasteiger partial charge in [-0.25, -0.2) is 19.2 Å². The molecule has 0 aliphatic carbocycles. The highest BCUT2D eigenvalue weighted by atomic mass is 19.1. The molecule has 0 unspecified atom stereocenters. The zero-order valence-electron chi connectivity index (χ0n) is 18.0. The summed E-state index contributed by atoms with van der Waals surface area (Å²) in [7, 11) is 0. The van der Waals surface area contributed by atoms with Crippen molar-refractivity contribution in [2.24, 2.45) is 0 Å². The van der Waals surface area contributed by atoms with E-state index in [1.54, 1.807) is 12.1 Å². The topological polar surface area (TPSA) is 61.4 Å². The Bertz CT molecular complexity index is 1110. The van der Waals surface area contributed by atoms with E-state index in [4.69, 9.17) is 0 Å². The van der Waals surface area contributed by atoms with Gasteiger partial charge in [0.25, 0.3) is 0 Å². The maximum atomic E-state index is 13.6. The number of halogens is 1. The van der Waals surface area contributed by atoms with Crippen LogP contribution in [0.5, 0.6) is 0 Å². The summed E-state index contributed by atoms with van der Waals surface area (Å²) in [5.74, 6) is 0.985. The summed E-state index contributed by atoms with van der Waals surface area (Å²) in [6.07, 6.45) is 0. The highest BCUT2D eigenvalue weighted by molar-refractivity contribution is 5.90. The summed E-state index contributed by atoms with van der Waals surface area (Å²) >= 11 is 0. The predicted molar refractivity (Wildman–Crippen MR) is 121 cm³/mol. The van der Waals surface area contributed by atoms with Gasteiger partial charge in [-0.05, 0) is 44.5 Å². The van der Waals surface area contributed by atoms with Crippen LogP contribution in [-0.4, -0.2) is 47.1 Å². The molecule has 2 amide bonds. The normalized spacial score (nSPS) is 13.9. The molecule has 0 saturated carbocycles. The second-order valence-corrected chi connectivity index (χ2v) is 7.92. The first-order valence-corrected chi connectivity index (χ1v) is 10.4. The molecule has 1 aliphatic rings. The molecule has 31 heavy (non-hydrogen) atoms. The van der Waals surface area contributed by atoms with Crippen molar-refractivity contribution >= 4 is 17.5 Å². The number of aromatic nitrogens is 2. The number of hydrogen-bond donors (Lipinski definition) is 1. The van der Waals surface area contributed by atoms with Crippen LogP contribution in [0.4, 0.5) is 20.7 Å².